The summed E-state index contributed by atoms with van der Waals surface area (Å²) in [6, 6.07) is 13.1. The zero-order valence-electron chi connectivity index (χ0n) is 13.5. The van der Waals surface area contributed by atoms with Crippen LogP contribution in [0.1, 0.15) is 32.6 Å². The van der Waals surface area contributed by atoms with Crippen LogP contribution < -0.4 is 5.32 Å². The van der Waals surface area contributed by atoms with Crippen LogP contribution in [-0.2, 0) is 11.2 Å². The summed E-state index contributed by atoms with van der Waals surface area (Å²) in [6.07, 6.45) is 0.0512. The molecule has 0 fully saturated rings. The normalized spacial score (nSPS) is 11.4. The van der Waals surface area contributed by atoms with Crippen molar-refractivity contribution in [2.75, 3.05) is 0 Å². The van der Waals surface area contributed by atoms with E-state index in [0.29, 0.717) is 16.7 Å². The monoisotopic (exact) mass is 322 g/mol. The van der Waals surface area contributed by atoms with E-state index in [1.807, 2.05) is 26.0 Å². The lowest BCUT2D eigenvalue weighted by Gasteiger charge is -2.16. The third-order valence-electron chi connectivity index (χ3n) is 3.65. The lowest BCUT2D eigenvalue weighted by Crippen LogP contribution is -2.42. The van der Waals surface area contributed by atoms with Crippen LogP contribution in [0.15, 0.2) is 42.5 Å². The Morgan fingerprint density at radius 2 is 1.79 bits per heavy atom. The van der Waals surface area contributed by atoms with Gasteiger partial charge in [0.15, 0.2) is 0 Å². The highest BCUT2D eigenvalue weighted by atomic mass is 16.4. The maximum Gasteiger partial charge on any atom is 0.326 e. The van der Waals surface area contributed by atoms with Crippen molar-refractivity contribution in [3.63, 3.8) is 0 Å². The smallest absolute Gasteiger partial charge is 0.326 e. The topological polar surface area (TPSA) is 90.2 Å². The van der Waals surface area contributed by atoms with Gasteiger partial charge in [0, 0.05) is 12.0 Å². The zero-order chi connectivity index (χ0) is 17.7. The SMILES string of the molecule is Cc1cc(C)cc(C(=O)N[C@H](Cc2ccccc2C#N)C(=O)O)c1. The van der Waals surface area contributed by atoms with Crippen molar-refractivity contribution >= 4 is 11.9 Å². The number of nitrogens with one attached hydrogen (secondary N) is 1. The fourth-order valence-corrected chi connectivity index (χ4v) is 2.57. The number of carbonyl (C=O) groups excluding carboxylic acids is 1. The molecule has 2 rings (SSSR count). The van der Waals surface area contributed by atoms with Gasteiger partial charge in [0.05, 0.1) is 11.6 Å². The molecule has 0 heterocycles. The average molecular weight is 322 g/mol. The molecule has 2 aromatic carbocycles. The molecule has 0 saturated heterocycles. The van der Waals surface area contributed by atoms with Crippen LogP contribution >= 0.6 is 0 Å². The van der Waals surface area contributed by atoms with Gasteiger partial charge in [-0.3, -0.25) is 4.79 Å². The molecule has 24 heavy (non-hydrogen) atoms. The number of carboxylic acids is 1. The van der Waals surface area contributed by atoms with E-state index in [-0.39, 0.29) is 6.42 Å². The van der Waals surface area contributed by atoms with Crippen LogP contribution in [0.4, 0.5) is 0 Å². The molecule has 0 unspecified atom stereocenters. The van der Waals surface area contributed by atoms with Gasteiger partial charge in [0.2, 0.25) is 0 Å². The third kappa shape index (κ3) is 4.20. The molecule has 0 aliphatic carbocycles. The summed E-state index contributed by atoms with van der Waals surface area (Å²) >= 11 is 0. The van der Waals surface area contributed by atoms with Gasteiger partial charge in [-0.15, -0.1) is 0 Å². The third-order valence-corrected chi connectivity index (χ3v) is 3.65. The van der Waals surface area contributed by atoms with Gasteiger partial charge < -0.3 is 10.4 Å². The van der Waals surface area contributed by atoms with Gasteiger partial charge >= 0.3 is 5.97 Å². The number of hydrogen-bond donors (Lipinski definition) is 2. The van der Waals surface area contributed by atoms with Gasteiger partial charge in [-0.05, 0) is 37.6 Å². The Balaban J connectivity index is 2.21. The number of benzene rings is 2. The maximum absolute atomic E-state index is 12.4. The summed E-state index contributed by atoms with van der Waals surface area (Å²) in [5.41, 5.74) is 3.29. The predicted molar refractivity (Wildman–Crippen MR) is 89.7 cm³/mol. The van der Waals surface area contributed by atoms with E-state index < -0.39 is 17.9 Å². The number of carbonyl (C=O) groups is 2. The summed E-state index contributed by atoms with van der Waals surface area (Å²) in [7, 11) is 0. The number of carboxylic acid groups (broad SMARTS) is 1. The van der Waals surface area contributed by atoms with Gasteiger partial charge in [0.25, 0.3) is 5.91 Å². The Morgan fingerprint density at radius 1 is 1.17 bits per heavy atom. The van der Waals surface area contributed by atoms with E-state index in [1.165, 1.54) is 0 Å². The highest BCUT2D eigenvalue weighted by molar-refractivity contribution is 5.97. The van der Waals surface area contributed by atoms with Crippen LogP contribution in [0.3, 0.4) is 0 Å². The number of hydrogen-bond acceptors (Lipinski definition) is 3. The van der Waals surface area contributed by atoms with Crippen molar-refractivity contribution in [3.8, 4) is 6.07 Å². The van der Waals surface area contributed by atoms with Crippen LogP contribution in [0.25, 0.3) is 0 Å². The number of nitriles is 1. The molecule has 5 nitrogen and oxygen atoms in total. The Hall–Kier alpha value is -3.13. The van der Waals surface area contributed by atoms with Crippen LogP contribution in [0.2, 0.25) is 0 Å². The van der Waals surface area contributed by atoms with E-state index in [1.54, 1.807) is 36.4 Å². The summed E-state index contributed by atoms with van der Waals surface area (Å²) in [5, 5.41) is 21.1. The second-order valence-corrected chi connectivity index (χ2v) is 5.71. The molecule has 1 amide bonds. The fraction of sp³-hybridized carbons (Fsp3) is 0.211. The molecule has 0 aliphatic rings. The lowest BCUT2D eigenvalue weighted by atomic mass is 10.0. The Labute approximate surface area is 140 Å². The standard InChI is InChI=1S/C19H18N2O3/c1-12-7-13(2)9-16(8-12)18(22)21-17(19(23)24)10-14-5-3-4-6-15(14)11-20/h3-9,17H,10H2,1-2H3,(H,21,22)(H,23,24)/t17-/m1/s1. The van der Waals surface area contributed by atoms with E-state index >= 15 is 0 Å². The van der Waals surface area contributed by atoms with Crippen LogP contribution in [-0.4, -0.2) is 23.0 Å². The Morgan fingerprint density at radius 3 is 2.38 bits per heavy atom. The number of aliphatic carboxylic acids is 1. The van der Waals surface area contributed by atoms with E-state index in [0.717, 1.165) is 11.1 Å². The quantitative estimate of drug-likeness (QED) is 0.885. The van der Waals surface area contributed by atoms with Crippen molar-refractivity contribution in [2.24, 2.45) is 0 Å². The summed E-state index contributed by atoms with van der Waals surface area (Å²) in [5.74, 6) is -1.58. The first-order chi connectivity index (χ1) is 11.4. The molecular weight excluding hydrogens is 304 g/mol. The molecule has 0 bridgehead atoms. The molecule has 0 aromatic heterocycles. The van der Waals surface area contributed by atoms with E-state index in [4.69, 9.17) is 5.26 Å². The zero-order valence-corrected chi connectivity index (χ0v) is 13.5. The summed E-state index contributed by atoms with van der Waals surface area (Å²) in [6.45, 7) is 3.75. The Bertz CT molecular complexity index is 801. The highest BCUT2D eigenvalue weighted by Gasteiger charge is 2.22. The molecule has 2 N–H and O–H groups in total. The van der Waals surface area contributed by atoms with Crippen molar-refractivity contribution in [1.82, 2.24) is 5.32 Å². The van der Waals surface area contributed by atoms with Gasteiger partial charge in [-0.1, -0.05) is 35.4 Å². The minimum atomic E-state index is -1.14. The number of aryl methyl sites for hydroxylation is 2. The molecule has 2 aromatic rings. The molecule has 0 radical (unpaired) electrons. The second kappa shape index (κ2) is 7.42. The number of rotatable bonds is 5. The molecule has 0 saturated carbocycles. The second-order valence-electron chi connectivity index (χ2n) is 5.71. The van der Waals surface area contributed by atoms with Crippen molar-refractivity contribution in [2.45, 2.75) is 26.3 Å². The van der Waals surface area contributed by atoms with E-state index in [9.17, 15) is 14.7 Å². The average Bonchev–Trinajstić information content (AvgIpc) is 2.53. The molecule has 1 atom stereocenters. The van der Waals surface area contributed by atoms with Crippen LogP contribution in [0, 0.1) is 25.2 Å². The van der Waals surface area contributed by atoms with E-state index in [2.05, 4.69) is 5.32 Å². The van der Waals surface area contributed by atoms with Gasteiger partial charge in [-0.2, -0.15) is 5.26 Å². The number of nitrogens with zero attached hydrogens (tertiary/aromatic N) is 1. The molecule has 5 heteroatoms. The van der Waals surface area contributed by atoms with Gasteiger partial charge in [0.1, 0.15) is 6.04 Å². The largest absolute Gasteiger partial charge is 0.480 e. The maximum atomic E-state index is 12.4. The fourth-order valence-electron chi connectivity index (χ4n) is 2.57. The number of amides is 1. The predicted octanol–water partition coefficient (Wildman–Crippen LogP) is 2.60. The Kier molecular flexibility index (Phi) is 5.33. The van der Waals surface area contributed by atoms with Gasteiger partial charge in [-0.25, -0.2) is 4.79 Å². The first-order valence-corrected chi connectivity index (χ1v) is 7.50. The lowest BCUT2D eigenvalue weighted by molar-refractivity contribution is -0.139. The minimum absolute atomic E-state index is 0.0512. The molecular formula is C19H18N2O3. The van der Waals surface area contributed by atoms with Crippen molar-refractivity contribution < 1.29 is 14.7 Å². The first-order valence-electron chi connectivity index (χ1n) is 7.50. The molecule has 0 spiro atoms. The van der Waals surface area contributed by atoms with Crippen LogP contribution in [0.5, 0.6) is 0 Å². The molecule has 0 aliphatic heterocycles. The first kappa shape index (κ1) is 17.2. The van der Waals surface area contributed by atoms with Crippen molar-refractivity contribution in [1.29, 1.82) is 5.26 Å². The summed E-state index contributed by atoms with van der Waals surface area (Å²) in [4.78, 5) is 23.9. The highest BCUT2D eigenvalue weighted by Crippen LogP contribution is 2.12. The van der Waals surface area contributed by atoms with Crippen molar-refractivity contribution in [3.05, 3.63) is 70.3 Å². The summed E-state index contributed by atoms with van der Waals surface area (Å²) < 4.78 is 0. The minimum Gasteiger partial charge on any atom is -0.480 e. The molecule has 122 valence electrons.